The van der Waals surface area contributed by atoms with Gasteiger partial charge in [0.2, 0.25) is 5.91 Å². The van der Waals surface area contributed by atoms with Gasteiger partial charge in [0, 0.05) is 24.7 Å². The summed E-state index contributed by atoms with van der Waals surface area (Å²) in [5.41, 5.74) is 0.793. The summed E-state index contributed by atoms with van der Waals surface area (Å²) in [5.74, 6) is 0.170. The molecule has 6 heteroatoms. The Morgan fingerprint density at radius 1 is 1.35 bits per heavy atom. The maximum atomic E-state index is 12.7. The fourth-order valence-corrected chi connectivity index (χ4v) is 3.56. The van der Waals surface area contributed by atoms with Gasteiger partial charge in [-0.3, -0.25) is 9.69 Å². The molecule has 0 spiro atoms. The van der Waals surface area contributed by atoms with Gasteiger partial charge in [0.15, 0.2) is 0 Å². The second-order valence-corrected chi connectivity index (χ2v) is 6.60. The van der Waals surface area contributed by atoms with Gasteiger partial charge >= 0.3 is 0 Å². The fourth-order valence-electron chi connectivity index (χ4n) is 3.36. The molecule has 0 radical (unpaired) electrons. The first-order chi connectivity index (χ1) is 11.1. The summed E-state index contributed by atoms with van der Waals surface area (Å²) in [6.07, 6.45) is 1.22. The summed E-state index contributed by atoms with van der Waals surface area (Å²) < 4.78 is 5.31. The number of likely N-dealkylation sites (tertiary alicyclic amines) is 1. The molecule has 0 unspecified atom stereocenters. The average Bonchev–Trinajstić information content (AvgIpc) is 3.03. The lowest BCUT2D eigenvalue weighted by atomic mass is 10.1. The van der Waals surface area contributed by atoms with Crippen LogP contribution in [-0.2, 0) is 9.53 Å². The molecular weight excluding hydrogens is 316 g/mol. The zero-order valence-electron chi connectivity index (χ0n) is 13.2. The van der Waals surface area contributed by atoms with Crippen molar-refractivity contribution >= 4 is 17.5 Å². The van der Waals surface area contributed by atoms with E-state index >= 15 is 0 Å². The second kappa shape index (κ2) is 7.62. The van der Waals surface area contributed by atoms with Crippen molar-refractivity contribution in [3.8, 4) is 0 Å². The van der Waals surface area contributed by atoms with Crippen molar-refractivity contribution in [2.24, 2.45) is 0 Å². The van der Waals surface area contributed by atoms with Crippen LogP contribution >= 0.6 is 11.6 Å². The van der Waals surface area contributed by atoms with E-state index in [-0.39, 0.29) is 11.9 Å². The number of carbonyl (C=O) groups is 1. The molecule has 1 aromatic rings. The molecule has 1 N–H and O–H groups in total. The number of carbonyl (C=O) groups excluding carboxylic acids is 1. The first-order valence-corrected chi connectivity index (χ1v) is 8.57. The van der Waals surface area contributed by atoms with Crippen molar-refractivity contribution in [1.29, 1.82) is 0 Å². The molecule has 2 heterocycles. The number of rotatable bonds is 4. The number of β-amino-alcohol motifs (C(OH)–C–C–N with tert-alkyl or cyclic N) is 1. The lowest BCUT2D eigenvalue weighted by molar-refractivity contribution is -0.140. The highest BCUT2D eigenvalue weighted by atomic mass is 35.5. The number of benzene rings is 1. The summed E-state index contributed by atoms with van der Waals surface area (Å²) in [6, 6.07) is 7.15. The van der Waals surface area contributed by atoms with E-state index in [1.807, 2.05) is 17.0 Å². The van der Waals surface area contributed by atoms with Crippen molar-refractivity contribution < 1.29 is 14.6 Å². The average molecular weight is 339 g/mol. The van der Waals surface area contributed by atoms with Gasteiger partial charge in [-0.15, -0.1) is 0 Å². The quantitative estimate of drug-likeness (QED) is 0.908. The van der Waals surface area contributed by atoms with Crippen LogP contribution in [0.2, 0.25) is 5.02 Å². The molecule has 2 saturated heterocycles. The Labute approximate surface area is 141 Å². The molecule has 2 fully saturated rings. The zero-order chi connectivity index (χ0) is 16.2. The molecule has 0 aliphatic carbocycles. The minimum absolute atomic E-state index is 0.123. The summed E-state index contributed by atoms with van der Waals surface area (Å²) in [7, 11) is 0. The Balaban J connectivity index is 1.63. The van der Waals surface area contributed by atoms with Crippen LogP contribution in [0.5, 0.6) is 0 Å². The molecule has 3 rings (SSSR count). The van der Waals surface area contributed by atoms with E-state index in [4.69, 9.17) is 16.3 Å². The normalized spacial score (nSPS) is 23.9. The summed E-state index contributed by atoms with van der Waals surface area (Å²) in [4.78, 5) is 16.7. The molecule has 5 nitrogen and oxygen atoms in total. The van der Waals surface area contributed by atoms with Gasteiger partial charge in [-0.1, -0.05) is 23.7 Å². The Morgan fingerprint density at radius 3 is 2.87 bits per heavy atom. The maximum Gasteiger partial charge on any atom is 0.240 e. The SMILES string of the molecule is O=C([C@H]1CCCN1C[C@@H](O)c1cccc(Cl)c1)N1CCOCC1. The molecule has 2 aliphatic rings. The van der Waals surface area contributed by atoms with Gasteiger partial charge in [0.1, 0.15) is 0 Å². The Hall–Kier alpha value is -1.14. The molecule has 126 valence electrons. The lowest BCUT2D eigenvalue weighted by Gasteiger charge is -2.33. The zero-order valence-corrected chi connectivity index (χ0v) is 13.9. The van der Waals surface area contributed by atoms with Gasteiger partial charge in [0.05, 0.1) is 25.4 Å². The predicted octanol–water partition coefficient (Wildman–Crippen LogP) is 1.70. The van der Waals surface area contributed by atoms with Crippen molar-refractivity contribution in [3.05, 3.63) is 34.9 Å². The minimum Gasteiger partial charge on any atom is -0.387 e. The number of aliphatic hydroxyl groups excluding tert-OH is 1. The van der Waals surface area contributed by atoms with Crippen LogP contribution in [0.1, 0.15) is 24.5 Å². The monoisotopic (exact) mass is 338 g/mol. The maximum absolute atomic E-state index is 12.7. The Kier molecular flexibility index (Phi) is 5.54. The Morgan fingerprint density at radius 2 is 2.13 bits per heavy atom. The first kappa shape index (κ1) is 16.7. The number of nitrogens with zero attached hydrogens (tertiary/aromatic N) is 2. The van der Waals surface area contributed by atoms with Gasteiger partial charge < -0.3 is 14.7 Å². The van der Waals surface area contributed by atoms with Crippen molar-refractivity contribution in [3.63, 3.8) is 0 Å². The molecule has 1 amide bonds. The van der Waals surface area contributed by atoms with Gasteiger partial charge in [-0.05, 0) is 37.1 Å². The molecule has 0 aromatic heterocycles. The fraction of sp³-hybridized carbons (Fsp3) is 0.588. The second-order valence-electron chi connectivity index (χ2n) is 6.16. The largest absolute Gasteiger partial charge is 0.387 e. The van der Waals surface area contributed by atoms with Gasteiger partial charge in [0.25, 0.3) is 0 Å². The molecule has 23 heavy (non-hydrogen) atoms. The highest BCUT2D eigenvalue weighted by Gasteiger charge is 2.35. The number of ether oxygens (including phenoxy) is 1. The number of morpholine rings is 1. The Bertz CT molecular complexity index is 548. The highest BCUT2D eigenvalue weighted by molar-refractivity contribution is 6.30. The van der Waals surface area contributed by atoms with Gasteiger partial charge in [-0.2, -0.15) is 0 Å². The van der Waals surface area contributed by atoms with Crippen LogP contribution in [0.25, 0.3) is 0 Å². The van der Waals surface area contributed by atoms with E-state index in [2.05, 4.69) is 4.90 Å². The predicted molar refractivity (Wildman–Crippen MR) is 88.4 cm³/mol. The summed E-state index contributed by atoms with van der Waals surface area (Å²) in [5, 5.41) is 11.1. The van der Waals surface area contributed by atoms with E-state index in [9.17, 15) is 9.90 Å². The van der Waals surface area contributed by atoms with Crippen LogP contribution in [0, 0.1) is 0 Å². The topological polar surface area (TPSA) is 53.0 Å². The molecular formula is C17H23ClN2O3. The molecule has 0 bridgehead atoms. The van der Waals surface area contributed by atoms with Crippen LogP contribution in [0.4, 0.5) is 0 Å². The number of hydrogen-bond donors (Lipinski definition) is 1. The van der Waals surface area contributed by atoms with Crippen molar-refractivity contribution in [1.82, 2.24) is 9.80 Å². The van der Waals surface area contributed by atoms with E-state index in [1.54, 1.807) is 12.1 Å². The third kappa shape index (κ3) is 4.04. The molecule has 2 atom stereocenters. The number of hydrogen-bond acceptors (Lipinski definition) is 4. The van der Waals surface area contributed by atoms with Crippen LogP contribution in [-0.4, -0.2) is 66.2 Å². The van der Waals surface area contributed by atoms with Crippen LogP contribution in [0.3, 0.4) is 0 Å². The summed E-state index contributed by atoms with van der Waals surface area (Å²) in [6.45, 7) is 3.87. The number of amides is 1. The third-order valence-electron chi connectivity index (χ3n) is 4.61. The van der Waals surface area contributed by atoms with Crippen molar-refractivity contribution in [2.45, 2.75) is 25.0 Å². The van der Waals surface area contributed by atoms with E-state index in [0.29, 0.717) is 37.9 Å². The van der Waals surface area contributed by atoms with Crippen molar-refractivity contribution in [2.75, 3.05) is 39.4 Å². The summed E-state index contributed by atoms with van der Waals surface area (Å²) >= 11 is 5.99. The molecule has 0 saturated carbocycles. The van der Waals surface area contributed by atoms with E-state index < -0.39 is 6.10 Å². The van der Waals surface area contributed by atoms with E-state index in [0.717, 1.165) is 24.9 Å². The van der Waals surface area contributed by atoms with E-state index in [1.165, 1.54) is 0 Å². The number of aliphatic hydroxyl groups is 1. The van der Waals surface area contributed by atoms with Crippen LogP contribution < -0.4 is 0 Å². The minimum atomic E-state index is -0.633. The van der Waals surface area contributed by atoms with Gasteiger partial charge in [-0.25, -0.2) is 0 Å². The standard InChI is InChI=1S/C17H23ClN2O3/c18-14-4-1-3-13(11-14)16(21)12-20-6-2-5-15(20)17(22)19-7-9-23-10-8-19/h1,3-4,11,15-16,21H,2,5-10,12H2/t15-,16-/m1/s1. The first-order valence-electron chi connectivity index (χ1n) is 8.19. The van der Waals surface area contributed by atoms with Crippen LogP contribution in [0.15, 0.2) is 24.3 Å². The number of halogens is 1. The smallest absolute Gasteiger partial charge is 0.240 e. The highest BCUT2D eigenvalue weighted by Crippen LogP contribution is 2.25. The third-order valence-corrected chi connectivity index (χ3v) is 4.85. The molecule has 1 aromatic carbocycles. The lowest BCUT2D eigenvalue weighted by Crippen LogP contribution is -2.50. The molecule has 2 aliphatic heterocycles.